The van der Waals surface area contributed by atoms with Crippen LogP contribution < -0.4 is 0 Å². The lowest BCUT2D eigenvalue weighted by atomic mass is 9.97. The molecule has 22 heteroatoms. The Hall–Kier alpha value is -4.47. The van der Waals surface area contributed by atoms with Crippen molar-refractivity contribution in [3.8, 4) is 0 Å². The van der Waals surface area contributed by atoms with E-state index in [0.29, 0.717) is 44.9 Å². The molecule has 0 aromatic heterocycles. The summed E-state index contributed by atoms with van der Waals surface area (Å²) in [5, 5.41) is 0. The highest BCUT2D eigenvalue weighted by Crippen LogP contribution is 2.32. The number of nitrogens with zero attached hydrogens (tertiary/aromatic N) is 6. The van der Waals surface area contributed by atoms with Crippen LogP contribution in [-0.4, -0.2) is 173 Å². The number of hydrogen-bond acceptors (Lipinski definition) is 15. The molecule has 21 nitrogen and oxygen atoms in total. The number of hydrogen-bond donors (Lipinski definition) is 0. The molecule has 458 valence electrons. The number of unbranched alkanes of at least 4 members (excludes halogenated alkanes) is 3. The number of rotatable bonds is 26. The van der Waals surface area contributed by atoms with Crippen LogP contribution in [0.1, 0.15) is 223 Å². The largest absolute Gasteiger partial charge is 0.444 e. The van der Waals surface area contributed by atoms with Gasteiger partial charge in [0, 0.05) is 27.2 Å². The second-order valence-corrected chi connectivity index (χ2v) is 27.8. The van der Waals surface area contributed by atoms with E-state index < -0.39 is 111 Å². The maximum atomic E-state index is 15.2. The minimum Gasteiger partial charge on any atom is -0.444 e. The average Bonchev–Trinajstić information content (AvgIpc) is 3.22. The van der Waals surface area contributed by atoms with Crippen LogP contribution in [0.4, 0.5) is 28.8 Å². The maximum Gasteiger partial charge on any atom is 0.413 e. The number of carbonyl (C=O) groups is 6. The molecule has 0 aromatic carbocycles. The fourth-order valence-corrected chi connectivity index (χ4v) is 8.74. The van der Waals surface area contributed by atoms with E-state index in [2.05, 4.69) is 0 Å². The van der Waals surface area contributed by atoms with Crippen molar-refractivity contribution < 1.29 is 69.8 Å². The molecular formula is C56H108N6O15S. The van der Waals surface area contributed by atoms with Crippen LogP contribution in [-0.2, 0) is 42.7 Å². The molecule has 0 aliphatic heterocycles. The topological polar surface area (TPSA) is 221 Å². The van der Waals surface area contributed by atoms with E-state index >= 15 is 9.59 Å². The SMILES string of the molecule is CCCC(N(CC(CCCCCCOS(C)(=O)=O)CN(C(=O)OC(C)(C)C)C(CCC)N(C(=O)OC(C)(C)C)C(CC)N(C)C(=O)OC(C)(C)C)C(=O)OC(C)(C)C)N(C(=O)OC(C)(C)C)C(CC)N(C)C(=O)OC(C)(C)C. The van der Waals surface area contributed by atoms with Gasteiger partial charge in [-0.2, -0.15) is 8.42 Å². The first kappa shape index (κ1) is 73.5. The molecule has 0 heterocycles. The van der Waals surface area contributed by atoms with E-state index in [4.69, 9.17) is 32.6 Å². The lowest BCUT2D eigenvalue weighted by Gasteiger charge is -2.48. The normalized spacial score (nSPS) is 14.6. The highest BCUT2D eigenvalue weighted by Gasteiger charge is 2.46. The second kappa shape index (κ2) is 30.9. The molecule has 4 atom stereocenters. The Balaban J connectivity index is 8.90. The molecule has 0 fully saturated rings. The van der Waals surface area contributed by atoms with Crippen molar-refractivity contribution in [1.29, 1.82) is 0 Å². The van der Waals surface area contributed by atoms with Crippen LogP contribution in [0.5, 0.6) is 0 Å². The standard InChI is InChI=1S/C56H108N6O15S/c1-26-34-43(61(49(67)76-55(17,18)19)41(28-3)57(23)45(63)72-51(5,6)7)59(47(65)74-53(11,12)13)38-40(36-32-30-31-33-37-71-78(25,69)70)39-60(48(66)75-54(14,15)16)44(35-27-2)62(50(68)77-56(20,21)22)42(29-4)58(24)46(64)73-52(8,9)10/h40-44H,26-39H2,1-25H3. The van der Waals surface area contributed by atoms with E-state index in [9.17, 15) is 27.6 Å². The molecule has 0 rings (SSSR count). The molecule has 4 unspecified atom stereocenters. The van der Waals surface area contributed by atoms with Gasteiger partial charge in [-0.1, -0.05) is 59.8 Å². The van der Waals surface area contributed by atoms with Gasteiger partial charge in [0.05, 0.1) is 12.9 Å². The lowest BCUT2D eigenvalue weighted by molar-refractivity contribution is -0.0758. The van der Waals surface area contributed by atoms with Crippen molar-refractivity contribution in [2.24, 2.45) is 5.92 Å². The van der Waals surface area contributed by atoms with Gasteiger partial charge < -0.3 is 28.4 Å². The van der Waals surface area contributed by atoms with Gasteiger partial charge in [-0.3, -0.25) is 33.6 Å². The van der Waals surface area contributed by atoms with Gasteiger partial charge in [-0.15, -0.1) is 0 Å². The van der Waals surface area contributed by atoms with Gasteiger partial charge in [0.2, 0.25) is 0 Å². The maximum absolute atomic E-state index is 15.2. The first-order chi connectivity index (χ1) is 35.2. The van der Waals surface area contributed by atoms with Crippen LogP contribution >= 0.6 is 0 Å². The second-order valence-electron chi connectivity index (χ2n) is 26.1. The Morgan fingerprint density at radius 2 is 0.679 bits per heavy atom. The van der Waals surface area contributed by atoms with Crippen molar-refractivity contribution >= 4 is 46.7 Å². The molecule has 0 aliphatic carbocycles. The first-order valence-electron chi connectivity index (χ1n) is 28.0. The summed E-state index contributed by atoms with van der Waals surface area (Å²) in [7, 11) is -0.607. The summed E-state index contributed by atoms with van der Waals surface area (Å²) in [5.74, 6) is -0.677. The summed E-state index contributed by atoms with van der Waals surface area (Å²) >= 11 is 0. The van der Waals surface area contributed by atoms with Gasteiger partial charge >= 0.3 is 36.6 Å². The Kier molecular flexibility index (Phi) is 29.2. The zero-order valence-electron chi connectivity index (χ0n) is 53.0. The van der Waals surface area contributed by atoms with Gasteiger partial charge in [0.25, 0.3) is 10.1 Å². The predicted octanol–water partition coefficient (Wildman–Crippen LogP) is 12.9. The lowest BCUT2D eigenvalue weighted by Crippen LogP contribution is -2.64. The Bertz CT molecular complexity index is 1880. The van der Waals surface area contributed by atoms with Crippen molar-refractivity contribution in [2.75, 3.05) is 40.0 Å². The average molecular weight is 1140 g/mol. The summed E-state index contributed by atoms with van der Waals surface area (Å²) in [6, 6.07) is 0. The molecule has 0 radical (unpaired) electrons. The Morgan fingerprint density at radius 3 is 0.949 bits per heavy atom. The van der Waals surface area contributed by atoms with Crippen LogP contribution in [0.15, 0.2) is 0 Å². The Labute approximate surface area is 471 Å². The molecular weight excluding hydrogens is 1030 g/mol. The van der Waals surface area contributed by atoms with Crippen molar-refractivity contribution in [2.45, 2.75) is 281 Å². The molecule has 0 saturated carbocycles. The Morgan fingerprint density at radius 1 is 0.397 bits per heavy atom. The fourth-order valence-electron chi connectivity index (χ4n) is 8.32. The van der Waals surface area contributed by atoms with E-state index in [-0.39, 0.29) is 45.4 Å². The molecule has 0 aromatic rings. The van der Waals surface area contributed by atoms with E-state index in [0.717, 1.165) is 6.26 Å². The van der Waals surface area contributed by atoms with Crippen LogP contribution in [0, 0.1) is 5.92 Å². The van der Waals surface area contributed by atoms with Crippen LogP contribution in [0.2, 0.25) is 0 Å². The number of ether oxygens (including phenoxy) is 6. The quantitative estimate of drug-likeness (QED) is 0.0340. The third-order valence-electron chi connectivity index (χ3n) is 11.3. The highest BCUT2D eigenvalue weighted by atomic mass is 32.2. The van der Waals surface area contributed by atoms with Gasteiger partial charge in [-0.05, 0) is 169 Å². The summed E-state index contributed by atoms with van der Waals surface area (Å²) < 4.78 is 64.8. The monoisotopic (exact) mass is 1140 g/mol. The zero-order valence-corrected chi connectivity index (χ0v) is 53.8. The molecule has 78 heavy (non-hydrogen) atoms. The summed E-state index contributed by atoms with van der Waals surface area (Å²) in [4.78, 5) is 96.6. The zero-order chi connectivity index (χ0) is 61.2. The molecule has 0 aliphatic rings. The summed E-state index contributed by atoms with van der Waals surface area (Å²) in [6.45, 7) is 38.2. The van der Waals surface area contributed by atoms with Crippen molar-refractivity contribution in [3.05, 3.63) is 0 Å². The van der Waals surface area contributed by atoms with Crippen LogP contribution in [0.3, 0.4) is 0 Å². The number of carbonyl (C=O) groups excluding carboxylic acids is 6. The van der Waals surface area contributed by atoms with Gasteiger partial charge in [0.1, 0.15) is 58.3 Å². The van der Waals surface area contributed by atoms with Crippen LogP contribution in [0.25, 0.3) is 0 Å². The molecule has 0 spiro atoms. The highest BCUT2D eigenvalue weighted by molar-refractivity contribution is 7.85. The fraction of sp³-hybridized carbons (Fsp3) is 0.893. The molecule has 6 amide bonds. The number of amides is 6. The molecule has 0 N–H and O–H groups in total. The summed E-state index contributed by atoms with van der Waals surface area (Å²) in [6.07, 6.45) is -3.88. The minimum atomic E-state index is -3.66. The van der Waals surface area contributed by atoms with E-state index in [1.54, 1.807) is 138 Å². The predicted molar refractivity (Wildman–Crippen MR) is 303 cm³/mol. The van der Waals surface area contributed by atoms with E-state index in [1.807, 2.05) is 13.8 Å². The summed E-state index contributed by atoms with van der Waals surface area (Å²) in [5.41, 5.74) is -5.90. The minimum absolute atomic E-state index is 0.00776. The molecule has 0 bridgehead atoms. The molecule has 0 saturated heterocycles. The smallest absolute Gasteiger partial charge is 0.413 e. The van der Waals surface area contributed by atoms with Gasteiger partial charge in [0.15, 0.2) is 0 Å². The van der Waals surface area contributed by atoms with E-state index in [1.165, 1.54) is 43.5 Å². The van der Waals surface area contributed by atoms with Crippen molar-refractivity contribution in [3.63, 3.8) is 0 Å². The first-order valence-corrected chi connectivity index (χ1v) is 29.8. The third-order valence-corrected chi connectivity index (χ3v) is 11.9. The van der Waals surface area contributed by atoms with Gasteiger partial charge in [-0.25, -0.2) is 28.8 Å². The van der Waals surface area contributed by atoms with Crippen molar-refractivity contribution in [1.82, 2.24) is 29.4 Å². The third kappa shape index (κ3) is 29.1.